The van der Waals surface area contributed by atoms with Gasteiger partial charge in [-0.05, 0) is 23.3 Å². The van der Waals surface area contributed by atoms with Crippen LogP contribution in [0.2, 0.25) is 5.15 Å². The first-order valence-electron chi connectivity index (χ1n) is 3.79. The molecular formula is C9H7ClN2O. The lowest BCUT2D eigenvalue weighted by Crippen LogP contribution is -2.03. The molecule has 0 atom stereocenters. The zero-order chi connectivity index (χ0) is 9.26. The van der Waals surface area contributed by atoms with Crippen molar-refractivity contribution < 1.29 is 0 Å². The van der Waals surface area contributed by atoms with E-state index in [1.165, 1.54) is 6.07 Å². The molecule has 2 N–H and O–H groups in total. The van der Waals surface area contributed by atoms with Gasteiger partial charge in [-0.25, -0.2) is 0 Å². The van der Waals surface area contributed by atoms with Gasteiger partial charge in [-0.3, -0.25) is 4.79 Å². The maximum atomic E-state index is 11.1. The number of pyridine rings is 1. The highest BCUT2D eigenvalue weighted by Crippen LogP contribution is 2.18. The van der Waals surface area contributed by atoms with Gasteiger partial charge < -0.3 is 9.97 Å². The third-order valence-electron chi connectivity index (χ3n) is 1.74. The second-order valence-electron chi connectivity index (χ2n) is 2.68. The van der Waals surface area contributed by atoms with Crippen LogP contribution in [0.3, 0.4) is 0 Å². The summed E-state index contributed by atoms with van der Waals surface area (Å²) in [6.07, 6.45) is 3.61. The van der Waals surface area contributed by atoms with Crippen molar-refractivity contribution in [3.63, 3.8) is 0 Å². The van der Waals surface area contributed by atoms with Gasteiger partial charge in [0.2, 0.25) is 5.56 Å². The van der Waals surface area contributed by atoms with Gasteiger partial charge >= 0.3 is 0 Å². The molecule has 2 rings (SSSR count). The summed E-state index contributed by atoms with van der Waals surface area (Å²) in [4.78, 5) is 16.4. The molecule has 0 aliphatic heterocycles. The van der Waals surface area contributed by atoms with E-state index in [2.05, 4.69) is 9.97 Å². The predicted octanol–water partition coefficient (Wildman–Crippen LogP) is 2.02. The van der Waals surface area contributed by atoms with Gasteiger partial charge in [0, 0.05) is 18.5 Å². The van der Waals surface area contributed by atoms with Crippen molar-refractivity contribution in [1.82, 2.24) is 9.97 Å². The van der Waals surface area contributed by atoms with Crippen LogP contribution in [0.15, 0.2) is 35.4 Å². The maximum Gasteiger partial charge on any atom is 0.249 e. The molecule has 0 aliphatic rings. The Bertz CT molecular complexity index is 459. The van der Waals surface area contributed by atoms with Gasteiger partial charge in [-0.1, -0.05) is 11.6 Å². The molecule has 0 radical (unpaired) electrons. The van der Waals surface area contributed by atoms with Crippen LogP contribution < -0.4 is 5.56 Å². The summed E-state index contributed by atoms with van der Waals surface area (Å²) in [6, 6.07) is 5.10. The molecule has 0 unspecified atom stereocenters. The van der Waals surface area contributed by atoms with E-state index < -0.39 is 0 Å². The van der Waals surface area contributed by atoms with Crippen LogP contribution >= 0.6 is 11.6 Å². The van der Waals surface area contributed by atoms with E-state index in [0.29, 0.717) is 5.15 Å². The van der Waals surface area contributed by atoms with E-state index in [4.69, 9.17) is 11.6 Å². The monoisotopic (exact) mass is 194 g/mol. The number of aromatic amines is 2. The highest BCUT2D eigenvalue weighted by molar-refractivity contribution is 6.29. The number of aromatic nitrogens is 2. The summed E-state index contributed by atoms with van der Waals surface area (Å²) in [7, 11) is 0. The minimum absolute atomic E-state index is 0.191. The Morgan fingerprint density at radius 1 is 1.23 bits per heavy atom. The lowest BCUT2D eigenvalue weighted by molar-refractivity contribution is 1.24. The van der Waals surface area contributed by atoms with Crippen LogP contribution in [0.4, 0.5) is 0 Å². The average molecular weight is 195 g/mol. The van der Waals surface area contributed by atoms with Crippen molar-refractivity contribution in [2.24, 2.45) is 0 Å². The molecule has 0 amide bonds. The molecule has 13 heavy (non-hydrogen) atoms. The van der Waals surface area contributed by atoms with E-state index in [1.54, 1.807) is 12.3 Å². The standard InChI is InChI=1S/C9H7ClN2O/c10-8-3-7(4-9(13)12-8)6-1-2-11-5-6/h1-5,11H,(H,12,13). The summed E-state index contributed by atoms with van der Waals surface area (Å²) >= 11 is 5.70. The Balaban J connectivity index is 2.59. The molecule has 0 aliphatic carbocycles. The first kappa shape index (κ1) is 8.13. The Labute approximate surface area is 79.4 Å². The van der Waals surface area contributed by atoms with E-state index in [1.807, 2.05) is 12.3 Å². The molecule has 2 aromatic rings. The van der Waals surface area contributed by atoms with E-state index in [9.17, 15) is 4.79 Å². The molecule has 0 saturated heterocycles. The Kier molecular flexibility index (Phi) is 1.94. The summed E-state index contributed by atoms with van der Waals surface area (Å²) in [5, 5.41) is 0.351. The van der Waals surface area contributed by atoms with Crippen molar-refractivity contribution in [1.29, 1.82) is 0 Å². The number of hydrogen-bond donors (Lipinski definition) is 2. The van der Waals surface area contributed by atoms with Gasteiger partial charge in [0.25, 0.3) is 0 Å². The highest BCUT2D eigenvalue weighted by atomic mass is 35.5. The number of rotatable bonds is 1. The third-order valence-corrected chi connectivity index (χ3v) is 1.95. The highest BCUT2D eigenvalue weighted by Gasteiger charge is 1.99. The number of nitrogens with one attached hydrogen (secondary N) is 2. The van der Waals surface area contributed by atoms with Crippen LogP contribution in [0.1, 0.15) is 0 Å². The van der Waals surface area contributed by atoms with Gasteiger partial charge in [-0.15, -0.1) is 0 Å². The van der Waals surface area contributed by atoms with E-state index >= 15 is 0 Å². The van der Waals surface area contributed by atoms with Gasteiger partial charge in [0.15, 0.2) is 0 Å². The van der Waals surface area contributed by atoms with E-state index in [-0.39, 0.29) is 5.56 Å². The summed E-state index contributed by atoms with van der Waals surface area (Å²) < 4.78 is 0. The lowest BCUT2D eigenvalue weighted by atomic mass is 10.1. The van der Waals surface area contributed by atoms with Crippen LogP contribution in [-0.2, 0) is 0 Å². The van der Waals surface area contributed by atoms with Crippen molar-refractivity contribution in [3.8, 4) is 11.1 Å². The Morgan fingerprint density at radius 2 is 2.08 bits per heavy atom. The van der Waals surface area contributed by atoms with Crippen molar-refractivity contribution in [3.05, 3.63) is 46.1 Å². The second kappa shape index (κ2) is 3.11. The topological polar surface area (TPSA) is 48.6 Å². The van der Waals surface area contributed by atoms with Crippen LogP contribution in [0.25, 0.3) is 11.1 Å². The fourth-order valence-electron chi connectivity index (χ4n) is 1.18. The molecule has 4 heteroatoms. The molecule has 2 aromatic heterocycles. The molecule has 2 heterocycles. The fraction of sp³-hybridized carbons (Fsp3) is 0. The third kappa shape index (κ3) is 1.65. The van der Waals surface area contributed by atoms with Crippen LogP contribution in [0, 0.1) is 0 Å². The lowest BCUT2D eigenvalue weighted by Gasteiger charge is -1.96. The molecule has 0 aromatic carbocycles. The average Bonchev–Trinajstić information content (AvgIpc) is 2.53. The predicted molar refractivity (Wildman–Crippen MR) is 51.9 cm³/mol. The molecule has 0 spiro atoms. The quantitative estimate of drug-likeness (QED) is 0.671. The van der Waals surface area contributed by atoms with Crippen LogP contribution in [-0.4, -0.2) is 9.97 Å². The van der Waals surface area contributed by atoms with Crippen LogP contribution in [0.5, 0.6) is 0 Å². The van der Waals surface area contributed by atoms with Gasteiger partial charge in [-0.2, -0.15) is 0 Å². The first-order chi connectivity index (χ1) is 6.25. The molecule has 66 valence electrons. The molecule has 3 nitrogen and oxygen atoms in total. The Morgan fingerprint density at radius 3 is 2.69 bits per heavy atom. The first-order valence-corrected chi connectivity index (χ1v) is 4.16. The fourth-order valence-corrected chi connectivity index (χ4v) is 1.39. The van der Waals surface area contributed by atoms with Crippen molar-refractivity contribution in [2.45, 2.75) is 0 Å². The smallest absolute Gasteiger partial charge is 0.249 e. The normalized spacial score (nSPS) is 10.2. The summed E-state index contributed by atoms with van der Waals surface area (Å²) in [5.74, 6) is 0. The summed E-state index contributed by atoms with van der Waals surface area (Å²) in [6.45, 7) is 0. The minimum Gasteiger partial charge on any atom is -0.367 e. The van der Waals surface area contributed by atoms with Crippen molar-refractivity contribution >= 4 is 11.6 Å². The number of H-pyrrole nitrogens is 2. The number of halogens is 1. The summed E-state index contributed by atoms with van der Waals surface area (Å²) in [5.41, 5.74) is 1.58. The molecule has 0 bridgehead atoms. The van der Waals surface area contributed by atoms with Crippen molar-refractivity contribution in [2.75, 3.05) is 0 Å². The van der Waals surface area contributed by atoms with E-state index in [0.717, 1.165) is 11.1 Å². The maximum absolute atomic E-state index is 11.1. The SMILES string of the molecule is O=c1cc(-c2cc[nH]c2)cc(Cl)[nH]1. The minimum atomic E-state index is -0.191. The van der Waals surface area contributed by atoms with Gasteiger partial charge in [0.05, 0.1) is 0 Å². The second-order valence-corrected chi connectivity index (χ2v) is 3.09. The largest absolute Gasteiger partial charge is 0.367 e. The zero-order valence-corrected chi connectivity index (χ0v) is 7.43. The van der Waals surface area contributed by atoms with Gasteiger partial charge in [0.1, 0.15) is 5.15 Å². The molecule has 0 saturated carbocycles. The molecular weight excluding hydrogens is 188 g/mol. The molecule has 0 fully saturated rings. The zero-order valence-electron chi connectivity index (χ0n) is 6.67. The Hall–Kier alpha value is -1.48. The number of hydrogen-bond acceptors (Lipinski definition) is 1.